The molecule has 0 aliphatic carbocycles. The van der Waals surface area contributed by atoms with E-state index in [2.05, 4.69) is 9.97 Å². The number of H-pyrrole nitrogens is 1. The van der Waals surface area contributed by atoms with Crippen LogP contribution in [0.4, 0.5) is 0 Å². The predicted molar refractivity (Wildman–Crippen MR) is 88.9 cm³/mol. The van der Waals surface area contributed by atoms with Crippen molar-refractivity contribution in [2.75, 3.05) is 14.2 Å². The molecule has 0 aliphatic heterocycles. The lowest BCUT2D eigenvalue weighted by Crippen LogP contribution is -2.21. The van der Waals surface area contributed by atoms with Crippen molar-refractivity contribution in [1.82, 2.24) is 9.97 Å². The van der Waals surface area contributed by atoms with E-state index in [1.165, 1.54) is 26.4 Å². The van der Waals surface area contributed by atoms with Crippen LogP contribution in [0.25, 0.3) is 6.08 Å². The number of methoxy groups -OCH3 is 2. The van der Waals surface area contributed by atoms with Gasteiger partial charge in [0.2, 0.25) is 5.75 Å². The minimum absolute atomic E-state index is 0.00504. The fraction of sp³-hybridized carbons (Fsp3) is 0.235. The summed E-state index contributed by atoms with van der Waals surface area (Å²) in [4.78, 5) is 30.8. The van der Waals surface area contributed by atoms with Crippen LogP contribution in [0.1, 0.15) is 27.4 Å². The van der Waals surface area contributed by atoms with Crippen molar-refractivity contribution in [3.8, 4) is 17.2 Å². The summed E-state index contributed by atoms with van der Waals surface area (Å²) in [6.07, 6.45) is 2.77. The van der Waals surface area contributed by atoms with Crippen molar-refractivity contribution in [1.29, 1.82) is 0 Å². The molecule has 24 heavy (non-hydrogen) atoms. The summed E-state index contributed by atoms with van der Waals surface area (Å²) in [7, 11) is 2.82. The maximum absolute atomic E-state index is 12.3. The summed E-state index contributed by atoms with van der Waals surface area (Å²) < 4.78 is 10.1. The van der Waals surface area contributed by atoms with Crippen LogP contribution in [0, 0.1) is 13.8 Å². The van der Waals surface area contributed by atoms with Crippen LogP contribution in [0.2, 0.25) is 0 Å². The third-order valence-electron chi connectivity index (χ3n) is 3.39. The molecule has 126 valence electrons. The summed E-state index contributed by atoms with van der Waals surface area (Å²) >= 11 is 0. The Labute approximate surface area is 138 Å². The van der Waals surface area contributed by atoms with Crippen LogP contribution < -0.4 is 15.0 Å². The Kier molecular flexibility index (Phi) is 5.03. The lowest BCUT2D eigenvalue weighted by Gasteiger charge is -2.09. The van der Waals surface area contributed by atoms with Crippen molar-refractivity contribution < 1.29 is 19.4 Å². The first-order valence-electron chi connectivity index (χ1n) is 7.12. The molecular formula is C17H18N2O5. The molecule has 0 unspecified atom stereocenters. The molecule has 2 rings (SSSR count). The van der Waals surface area contributed by atoms with Gasteiger partial charge in [-0.25, -0.2) is 4.98 Å². The number of rotatable bonds is 5. The van der Waals surface area contributed by atoms with Gasteiger partial charge in [-0.1, -0.05) is 6.08 Å². The molecule has 0 radical (unpaired) electrons. The number of hydrogen-bond acceptors (Lipinski definition) is 6. The third-order valence-corrected chi connectivity index (χ3v) is 3.39. The number of benzene rings is 1. The molecule has 0 spiro atoms. The Morgan fingerprint density at radius 1 is 1.21 bits per heavy atom. The summed E-state index contributed by atoms with van der Waals surface area (Å²) in [5, 5.41) is 9.87. The van der Waals surface area contributed by atoms with Gasteiger partial charge in [-0.05, 0) is 37.6 Å². The van der Waals surface area contributed by atoms with Crippen molar-refractivity contribution >= 4 is 11.9 Å². The van der Waals surface area contributed by atoms with Gasteiger partial charge < -0.3 is 19.6 Å². The van der Waals surface area contributed by atoms with E-state index in [0.29, 0.717) is 17.1 Å². The van der Waals surface area contributed by atoms with E-state index >= 15 is 0 Å². The standard InChI is InChI=1S/C17H18N2O5/c1-9-15(17(22)19-10(2)18-9)12(20)6-5-11-7-13(23-3)16(21)14(8-11)24-4/h5-8,21H,1-4H3,(H,18,19,22). The molecule has 1 aromatic carbocycles. The highest BCUT2D eigenvalue weighted by molar-refractivity contribution is 6.07. The molecule has 1 heterocycles. The van der Waals surface area contributed by atoms with E-state index in [0.717, 1.165) is 0 Å². The number of nitrogens with one attached hydrogen (secondary N) is 1. The number of aromatic nitrogens is 2. The SMILES string of the molecule is COc1cc(C=CC(=O)c2c(C)nc(C)[nH]c2=O)cc(OC)c1O. The second-order valence-corrected chi connectivity index (χ2v) is 5.08. The fourth-order valence-electron chi connectivity index (χ4n) is 2.28. The number of aryl methyl sites for hydroxylation is 2. The minimum Gasteiger partial charge on any atom is -0.502 e. The summed E-state index contributed by atoms with van der Waals surface area (Å²) in [5.41, 5.74) is 0.459. The zero-order valence-corrected chi connectivity index (χ0v) is 13.8. The summed E-state index contributed by atoms with van der Waals surface area (Å²) in [5.74, 6) is 0.289. The van der Waals surface area contributed by atoms with Gasteiger partial charge in [-0.2, -0.15) is 0 Å². The Hall–Kier alpha value is -3.09. The minimum atomic E-state index is -0.476. The molecule has 7 heteroatoms. The lowest BCUT2D eigenvalue weighted by atomic mass is 10.1. The topological polar surface area (TPSA) is 102 Å². The number of ether oxygens (including phenoxy) is 2. The quantitative estimate of drug-likeness (QED) is 0.642. The third kappa shape index (κ3) is 3.45. The predicted octanol–water partition coefficient (Wildman–Crippen LogP) is 2.01. The van der Waals surface area contributed by atoms with Gasteiger partial charge >= 0.3 is 0 Å². The highest BCUT2D eigenvalue weighted by Gasteiger charge is 2.14. The highest BCUT2D eigenvalue weighted by atomic mass is 16.5. The molecule has 1 aromatic heterocycles. The van der Waals surface area contributed by atoms with E-state index in [9.17, 15) is 14.7 Å². The van der Waals surface area contributed by atoms with Crippen molar-refractivity contribution in [3.63, 3.8) is 0 Å². The second kappa shape index (κ2) is 6.99. The normalized spacial score (nSPS) is 10.8. The van der Waals surface area contributed by atoms with Gasteiger partial charge in [0, 0.05) is 0 Å². The van der Waals surface area contributed by atoms with Crippen LogP contribution in [0.15, 0.2) is 23.0 Å². The number of hydrogen-bond donors (Lipinski definition) is 2. The number of carbonyl (C=O) groups is 1. The number of phenolic OH excluding ortho intramolecular Hbond substituents is 1. The molecule has 0 amide bonds. The second-order valence-electron chi connectivity index (χ2n) is 5.08. The van der Waals surface area contributed by atoms with Gasteiger partial charge in [-0.15, -0.1) is 0 Å². The number of aromatic hydroxyl groups is 1. The molecule has 7 nitrogen and oxygen atoms in total. The maximum Gasteiger partial charge on any atom is 0.262 e. The van der Waals surface area contributed by atoms with E-state index < -0.39 is 11.3 Å². The van der Waals surface area contributed by atoms with E-state index in [-0.39, 0.29) is 22.8 Å². The lowest BCUT2D eigenvalue weighted by molar-refractivity contribution is 0.104. The van der Waals surface area contributed by atoms with Gasteiger partial charge in [0.05, 0.1) is 19.9 Å². The number of carbonyl (C=O) groups excluding carboxylic acids is 1. The van der Waals surface area contributed by atoms with Gasteiger partial charge in [0.15, 0.2) is 17.3 Å². The zero-order valence-electron chi connectivity index (χ0n) is 13.8. The molecule has 0 saturated heterocycles. The molecule has 0 aliphatic rings. The van der Waals surface area contributed by atoms with E-state index in [1.54, 1.807) is 26.0 Å². The number of allylic oxidation sites excluding steroid dienone is 1. The van der Waals surface area contributed by atoms with E-state index in [4.69, 9.17) is 9.47 Å². The smallest absolute Gasteiger partial charge is 0.262 e. The van der Waals surface area contributed by atoms with Crippen LogP contribution in [-0.4, -0.2) is 35.1 Å². The summed E-state index contributed by atoms with van der Waals surface area (Å²) in [6.45, 7) is 3.25. The average molecular weight is 330 g/mol. The molecule has 0 bridgehead atoms. The van der Waals surface area contributed by atoms with Gasteiger partial charge in [0.25, 0.3) is 5.56 Å². The largest absolute Gasteiger partial charge is 0.502 e. The maximum atomic E-state index is 12.3. The molecule has 2 N–H and O–H groups in total. The molecule has 2 aromatic rings. The molecular weight excluding hydrogens is 312 g/mol. The van der Waals surface area contributed by atoms with Crippen LogP contribution in [0.3, 0.4) is 0 Å². The van der Waals surface area contributed by atoms with Gasteiger partial charge in [0.1, 0.15) is 11.4 Å². The van der Waals surface area contributed by atoms with Crippen molar-refractivity contribution in [2.24, 2.45) is 0 Å². The van der Waals surface area contributed by atoms with Gasteiger partial charge in [-0.3, -0.25) is 9.59 Å². The first kappa shape index (κ1) is 17.3. The molecule has 0 atom stereocenters. The average Bonchev–Trinajstić information content (AvgIpc) is 2.52. The van der Waals surface area contributed by atoms with Crippen LogP contribution in [0.5, 0.6) is 17.2 Å². The monoisotopic (exact) mass is 330 g/mol. The number of aromatic amines is 1. The van der Waals surface area contributed by atoms with Crippen molar-refractivity contribution in [2.45, 2.75) is 13.8 Å². The Balaban J connectivity index is 2.38. The van der Waals surface area contributed by atoms with Crippen LogP contribution in [-0.2, 0) is 0 Å². The highest BCUT2D eigenvalue weighted by Crippen LogP contribution is 2.37. The first-order valence-corrected chi connectivity index (χ1v) is 7.12. The fourth-order valence-corrected chi connectivity index (χ4v) is 2.28. The first-order chi connectivity index (χ1) is 11.4. The van der Waals surface area contributed by atoms with E-state index in [1.807, 2.05) is 0 Å². The Morgan fingerprint density at radius 3 is 2.29 bits per heavy atom. The zero-order chi connectivity index (χ0) is 17.9. The molecule has 0 fully saturated rings. The number of phenols is 1. The molecule has 0 saturated carbocycles. The van der Waals surface area contributed by atoms with Crippen molar-refractivity contribution in [3.05, 3.63) is 51.2 Å². The Bertz CT molecular complexity index is 843. The number of nitrogens with zero attached hydrogens (tertiary/aromatic N) is 1. The summed E-state index contributed by atoms with van der Waals surface area (Å²) in [6, 6.07) is 3.10. The Morgan fingerprint density at radius 2 is 1.79 bits per heavy atom. The number of ketones is 1. The van der Waals surface area contributed by atoms with Crippen LogP contribution >= 0.6 is 0 Å².